The van der Waals surface area contributed by atoms with Crippen LogP contribution in [0.4, 0.5) is 5.82 Å². The number of hydrogen-bond acceptors (Lipinski definition) is 4. The predicted molar refractivity (Wildman–Crippen MR) is 58.2 cm³/mol. The lowest BCUT2D eigenvalue weighted by Gasteiger charge is -2.03. The van der Waals surface area contributed by atoms with Crippen molar-refractivity contribution in [2.24, 2.45) is 5.73 Å². The number of anilines is 1. The second kappa shape index (κ2) is 4.61. The molecule has 0 unspecified atom stereocenters. The van der Waals surface area contributed by atoms with Crippen molar-refractivity contribution >= 4 is 5.82 Å². The first-order valence-electron chi connectivity index (χ1n) is 4.80. The molecular formula is C11H13N3O. The van der Waals surface area contributed by atoms with Gasteiger partial charge in [0, 0.05) is 12.7 Å². The van der Waals surface area contributed by atoms with Gasteiger partial charge in [-0.1, -0.05) is 6.07 Å². The van der Waals surface area contributed by atoms with Crippen LogP contribution in [0.15, 0.2) is 41.1 Å². The molecule has 4 heteroatoms. The van der Waals surface area contributed by atoms with E-state index in [1.54, 1.807) is 12.5 Å². The number of hydrogen-bond donors (Lipinski definition) is 2. The molecule has 78 valence electrons. The highest BCUT2D eigenvalue weighted by Crippen LogP contribution is 2.07. The fraction of sp³-hybridized carbons (Fsp3) is 0.182. The molecular weight excluding hydrogens is 190 g/mol. The third-order valence-corrected chi connectivity index (χ3v) is 2.08. The standard InChI is InChI=1S/C11H13N3O/c12-6-9-3-4-11(13-7-9)14-8-10-2-1-5-15-10/h1-5,7H,6,8,12H2,(H,13,14). The summed E-state index contributed by atoms with van der Waals surface area (Å²) in [5.41, 5.74) is 6.50. The van der Waals surface area contributed by atoms with Crippen LogP contribution in [0, 0.1) is 0 Å². The first-order chi connectivity index (χ1) is 7.38. The second-order valence-corrected chi connectivity index (χ2v) is 3.19. The smallest absolute Gasteiger partial charge is 0.126 e. The van der Waals surface area contributed by atoms with Crippen molar-refractivity contribution in [3.63, 3.8) is 0 Å². The van der Waals surface area contributed by atoms with Crippen molar-refractivity contribution in [1.29, 1.82) is 0 Å². The molecule has 0 saturated heterocycles. The summed E-state index contributed by atoms with van der Waals surface area (Å²) in [6.45, 7) is 1.16. The average Bonchev–Trinajstić information content (AvgIpc) is 2.80. The molecule has 15 heavy (non-hydrogen) atoms. The van der Waals surface area contributed by atoms with E-state index < -0.39 is 0 Å². The maximum atomic E-state index is 5.48. The van der Waals surface area contributed by atoms with E-state index in [0.29, 0.717) is 13.1 Å². The molecule has 2 aromatic heterocycles. The van der Waals surface area contributed by atoms with Crippen LogP contribution in [0.25, 0.3) is 0 Å². The molecule has 0 aliphatic heterocycles. The number of nitrogens with zero attached hydrogens (tertiary/aromatic N) is 1. The second-order valence-electron chi connectivity index (χ2n) is 3.19. The molecule has 0 fully saturated rings. The van der Waals surface area contributed by atoms with Gasteiger partial charge in [-0.25, -0.2) is 4.98 Å². The van der Waals surface area contributed by atoms with Crippen LogP contribution in [0.2, 0.25) is 0 Å². The van der Waals surface area contributed by atoms with Gasteiger partial charge in [-0.3, -0.25) is 0 Å². The van der Waals surface area contributed by atoms with Crippen molar-refractivity contribution in [3.8, 4) is 0 Å². The SMILES string of the molecule is NCc1ccc(NCc2ccco2)nc1. The van der Waals surface area contributed by atoms with Crippen molar-refractivity contribution in [2.75, 3.05) is 5.32 Å². The minimum atomic E-state index is 0.519. The fourth-order valence-electron chi connectivity index (χ4n) is 1.24. The molecule has 0 aliphatic rings. The monoisotopic (exact) mass is 203 g/mol. The van der Waals surface area contributed by atoms with E-state index in [2.05, 4.69) is 10.3 Å². The molecule has 4 nitrogen and oxygen atoms in total. The highest BCUT2D eigenvalue weighted by molar-refractivity contribution is 5.35. The molecule has 0 saturated carbocycles. The van der Waals surface area contributed by atoms with Crippen LogP contribution < -0.4 is 11.1 Å². The Bertz CT molecular complexity index is 394. The highest BCUT2D eigenvalue weighted by Gasteiger charge is 1.97. The fourth-order valence-corrected chi connectivity index (χ4v) is 1.24. The molecule has 0 atom stereocenters. The van der Waals surface area contributed by atoms with Gasteiger partial charge in [0.05, 0.1) is 12.8 Å². The number of nitrogens with one attached hydrogen (secondary N) is 1. The van der Waals surface area contributed by atoms with Crippen molar-refractivity contribution in [3.05, 3.63) is 48.0 Å². The number of furan rings is 1. The van der Waals surface area contributed by atoms with Gasteiger partial charge in [0.15, 0.2) is 0 Å². The summed E-state index contributed by atoms with van der Waals surface area (Å²) in [6, 6.07) is 7.64. The molecule has 2 rings (SSSR count). The van der Waals surface area contributed by atoms with Gasteiger partial charge < -0.3 is 15.5 Å². The Balaban J connectivity index is 1.93. The number of pyridine rings is 1. The van der Waals surface area contributed by atoms with Gasteiger partial charge in [-0.15, -0.1) is 0 Å². The van der Waals surface area contributed by atoms with Crippen molar-refractivity contribution in [2.45, 2.75) is 13.1 Å². The Morgan fingerprint density at radius 3 is 2.87 bits per heavy atom. The molecule has 0 aliphatic carbocycles. The van der Waals surface area contributed by atoms with E-state index in [1.807, 2.05) is 24.3 Å². The zero-order chi connectivity index (χ0) is 10.5. The van der Waals surface area contributed by atoms with E-state index in [0.717, 1.165) is 17.1 Å². The predicted octanol–water partition coefficient (Wildman–Crippen LogP) is 1.75. The van der Waals surface area contributed by atoms with Crippen LogP contribution >= 0.6 is 0 Å². The molecule has 0 bridgehead atoms. The average molecular weight is 203 g/mol. The lowest BCUT2D eigenvalue weighted by molar-refractivity contribution is 0.518. The van der Waals surface area contributed by atoms with Gasteiger partial charge in [-0.2, -0.15) is 0 Å². The zero-order valence-corrected chi connectivity index (χ0v) is 8.31. The molecule has 2 aromatic rings. The minimum Gasteiger partial charge on any atom is -0.467 e. The van der Waals surface area contributed by atoms with Crippen LogP contribution in [0.5, 0.6) is 0 Å². The summed E-state index contributed by atoms with van der Waals surface area (Å²) < 4.78 is 5.19. The van der Waals surface area contributed by atoms with E-state index in [-0.39, 0.29) is 0 Å². The third kappa shape index (κ3) is 2.57. The van der Waals surface area contributed by atoms with Crippen LogP contribution in [0.3, 0.4) is 0 Å². The van der Waals surface area contributed by atoms with Crippen LogP contribution in [-0.2, 0) is 13.1 Å². The maximum absolute atomic E-state index is 5.48. The topological polar surface area (TPSA) is 64.1 Å². The van der Waals surface area contributed by atoms with Crippen LogP contribution in [-0.4, -0.2) is 4.98 Å². The molecule has 2 heterocycles. The van der Waals surface area contributed by atoms with E-state index in [1.165, 1.54) is 0 Å². The maximum Gasteiger partial charge on any atom is 0.126 e. The molecule has 3 N–H and O–H groups in total. The molecule has 0 spiro atoms. The Morgan fingerprint density at radius 1 is 1.33 bits per heavy atom. The summed E-state index contributed by atoms with van der Waals surface area (Å²) in [6.07, 6.45) is 3.42. The van der Waals surface area contributed by atoms with Gasteiger partial charge in [-0.05, 0) is 23.8 Å². The number of nitrogens with two attached hydrogens (primary N) is 1. The number of aromatic nitrogens is 1. The van der Waals surface area contributed by atoms with Gasteiger partial charge in [0.2, 0.25) is 0 Å². The zero-order valence-electron chi connectivity index (χ0n) is 8.31. The number of rotatable bonds is 4. The Hall–Kier alpha value is -1.81. The quantitative estimate of drug-likeness (QED) is 0.794. The van der Waals surface area contributed by atoms with Crippen LogP contribution in [0.1, 0.15) is 11.3 Å². The molecule has 0 aromatic carbocycles. The lowest BCUT2D eigenvalue weighted by Crippen LogP contribution is -2.02. The van der Waals surface area contributed by atoms with E-state index in [4.69, 9.17) is 10.2 Å². The summed E-state index contributed by atoms with van der Waals surface area (Å²) >= 11 is 0. The largest absolute Gasteiger partial charge is 0.467 e. The summed E-state index contributed by atoms with van der Waals surface area (Å²) in [4.78, 5) is 4.22. The highest BCUT2D eigenvalue weighted by atomic mass is 16.3. The van der Waals surface area contributed by atoms with Crippen molar-refractivity contribution in [1.82, 2.24) is 4.98 Å². The van der Waals surface area contributed by atoms with Crippen molar-refractivity contribution < 1.29 is 4.42 Å². The Morgan fingerprint density at radius 2 is 2.27 bits per heavy atom. The first-order valence-corrected chi connectivity index (χ1v) is 4.80. The minimum absolute atomic E-state index is 0.519. The Kier molecular flexibility index (Phi) is 2.99. The summed E-state index contributed by atoms with van der Waals surface area (Å²) in [7, 11) is 0. The van der Waals surface area contributed by atoms with E-state index in [9.17, 15) is 0 Å². The lowest BCUT2D eigenvalue weighted by atomic mass is 10.3. The normalized spacial score (nSPS) is 10.2. The molecule has 0 amide bonds. The Labute approximate surface area is 88.1 Å². The van der Waals surface area contributed by atoms with Gasteiger partial charge in [0.25, 0.3) is 0 Å². The molecule has 0 radical (unpaired) electrons. The third-order valence-electron chi connectivity index (χ3n) is 2.08. The van der Waals surface area contributed by atoms with Gasteiger partial charge in [0.1, 0.15) is 11.6 Å². The summed E-state index contributed by atoms with van der Waals surface area (Å²) in [5.74, 6) is 1.71. The van der Waals surface area contributed by atoms with Gasteiger partial charge >= 0.3 is 0 Å². The van der Waals surface area contributed by atoms with E-state index >= 15 is 0 Å². The summed E-state index contributed by atoms with van der Waals surface area (Å²) in [5, 5.41) is 3.15. The first kappa shape index (κ1) is 9.73.